The Kier molecular flexibility index (Phi) is 3.25. The highest BCUT2D eigenvalue weighted by Gasteiger charge is 2.33. The summed E-state index contributed by atoms with van der Waals surface area (Å²) in [5.74, 6) is -0.0900. The van der Waals surface area contributed by atoms with Gasteiger partial charge >= 0.3 is 0 Å². The van der Waals surface area contributed by atoms with Gasteiger partial charge in [0.1, 0.15) is 0 Å². The van der Waals surface area contributed by atoms with Crippen LogP contribution in [0.5, 0.6) is 0 Å². The molecule has 2 rings (SSSR count). The minimum absolute atomic E-state index is 0.0441. The molecule has 0 bridgehead atoms. The van der Waals surface area contributed by atoms with E-state index in [2.05, 4.69) is 18.8 Å². The van der Waals surface area contributed by atoms with Gasteiger partial charge in [0.15, 0.2) is 0 Å². The number of benzene rings is 1. The summed E-state index contributed by atoms with van der Waals surface area (Å²) in [5.41, 5.74) is 1.41. The normalized spacial score (nSPS) is 17.1. The second-order valence-electron chi connectivity index (χ2n) is 4.81. The van der Waals surface area contributed by atoms with Gasteiger partial charge in [0.2, 0.25) is 0 Å². The Labute approximate surface area is 107 Å². The van der Waals surface area contributed by atoms with Gasteiger partial charge in [-0.15, -0.1) is 0 Å². The van der Waals surface area contributed by atoms with Crippen LogP contribution in [0.4, 0.5) is 0 Å². The summed E-state index contributed by atoms with van der Waals surface area (Å²) >= 11 is 6.08. The molecule has 1 saturated carbocycles. The van der Waals surface area contributed by atoms with Crippen molar-refractivity contribution in [3.63, 3.8) is 0 Å². The van der Waals surface area contributed by atoms with E-state index in [1.807, 2.05) is 6.07 Å². The van der Waals surface area contributed by atoms with Crippen LogP contribution in [0, 0.1) is 0 Å². The van der Waals surface area contributed by atoms with Gasteiger partial charge in [-0.05, 0) is 43.9 Å². The number of carbonyl (C=O) groups excluding carboxylic acids is 1. The average molecular weight is 250 g/mol. The molecule has 1 fully saturated rings. The number of nitrogens with one attached hydrogen (secondary N) is 1. The summed E-state index contributed by atoms with van der Waals surface area (Å²) in [6.45, 7) is 5.74. The van der Waals surface area contributed by atoms with Crippen LogP contribution < -0.4 is 5.32 Å². The molecule has 1 aliphatic rings. The van der Waals surface area contributed by atoms with Crippen LogP contribution in [0.25, 0.3) is 6.08 Å². The summed E-state index contributed by atoms with van der Waals surface area (Å²) in [7, 11) is 0. The molecular formula is C14H16ClNO. The summed E-state index contributed by atoms with van der Waals surface area (Å²) in [6.07, 6.45) is 4.98. The molecule has 0 saturated heterocycles. The second-order valence-corrected chi connectivity index (χ2v) is 5.22. The molecule has 1 aliphatic carbocycles. The van der Waals surface area contributed by atoms with Gasteiger partial charge in [-0.25, -0.2) is 0 Å². The molecular weight excluding hydrogens is 234 g/mol. The van der Waals surface area contributed by atoms with Crippen molar-refractivity contribution < 1.29 is 4.79 Å². The maximum Gasteiger partial charge on any atom is 0.253 e. The van der Waals surface area contributed by atoms with Crippen LogP contribution in [0.2, 0.25) is 5.02 Å². The molecule has 1 amide bonds. The molecule has 17 heavy (non-hydrogen) atoms. The number of hydrogen-bond acceptors (Lipinski definition) is 1. The van der Waals surface area contributed by atoms with Gasteiger partial charge in [0, 0.05) is 5.54 Å². The quantitative estimate of drug-likeness (QED) is 0.870. The molecule has 0 heterocycles. The fraction of sp³-hybridized carbons (Fsp3) is 0.357. The Hall–Kier alpha value is -1.28. The zero-order chi connectivity index (χ0) is 12.5. The summed E-state index contributed by atoms with van der Waals surface area (Å²) < 4.78 is 0. The second kappa shape index (κ2) is 4.53. The number of amides is 1. The van der Waals surface area contributed by atoms with Crippen LogP contribution in [0.1, 0.15) is 42.1 Å². The van der Waals surface area contributed by atoms with Crippen molar-refractivity contribution in [3.05, 3.63) is 40.9 Å². The molecule has 0 radical (unpaired) electrons. The van der Waals surface area contributed by atoms with Gasteiger partial charge in [-0.2, -0.15) is 0 Å². The zero-order valence-electron chi connectivity index (χ0n) is 9.92. The lowest BCUT2D eigenvalue weighted by Gasteiger charge is -2.39. The Bertz CT molecular complexity index is 463. The minimum Gasteiger partial charge on any atom is -0.347 e. The third-order valence-electron chi connectivity index (χ3n) is 3.35. The molecule has 0 unspecified atom stereocenters. The van der Waals surface area contributed by atoms with Gasteiger partial charge in [-0.1, -0.05) is 30.3 Å². The van der Waals surface area contributed by atoms with Crippen LogP contribution in [0.3, 0.4) is 0 Å². The predicted molar refractivity (Wildman–Crippen MR) is 71.3 cm³/mol. The highest BCUT2D eigenvalue weighted by molar-refractivity contribution is 6.34. The number of carbonyl (C=O) groups is 1. The Morgan fingerprint density at radius 3 is 2.71 bits per heavy atom. The van der Waals surface area contributed by atoms with Crippen molar-refractivity contribution >= 4 is 23.6 Å². The van der Waals surface area contributed by atoms with Crippen molar-refractivity contribution in [1.29, 1.82) is 0 Å². The lowest BCUT2D eigenvalue weighted by molar-refractivity contribution is 0.0850. The lowest BCUT2D eigenvalue weighted by atomic mass is 9.78. The summed E-state index contributed by atoms with van der Waals surface area (Å²) in [6, 6.07) is 5.35. The highest BCUT2D eigenvalue weighted by atomic mass is 35.5. The molecule has 1 aromatic rings. The molecule has 0 aromatic heterocycles. The van der Waals surface area contributed by atoms with E-state index >= 15 is 0 Å². The van der Waals surface area contributed by atoms with Crippen LogP contribution in [-0.2, 0) is 0 Å². The number of rotatable bonds is 3. The first-order chi connectivity index (χ1) is 8.04. The smallest absolute Gasteiger partial charge is 0.253 e. The van der Waals surface area contributed by atoms with E-state index in [1.54, 1.807) is 18.2 Å². The van der Waals surface area contributed by atoms with Crippen LogP contribution >= 0.6 is 11.6 Å². The van der Waals surface area contributed by atoms with Gasteiger partial charge < -0.3 is 5.32 Å². The van der Waals surface area contributed by atoms with E-state index in [9.17, 15) is 4.79 Å². The number of hydrogen-bond donors (Lipinski definition) is 1. The van der Waals surface area contributed by atoms with E-state index in [-0.39, 0.29) is 11.4 Å². The minimum atomic E-state index is -0.0900. The van der Waals surface area contributed by atoms with Crippen molar-refractivity contribution in [2.45, 2.75) is 31.7 Å². The Balaban J connectivity index is 2.16. The van der Waals surface area contributed by atoms with Gasteiger partial charge in [-0.3, -0.25) is 4.79 Å². The SMILES string of the molecule is C=Cc1ccc(C(=O)NC2(C)CCC2)c(Cl)c1. The standard InChI is InChI=1S/C14H16ClNO/c1-3-10-5-6-11(12(15)9-10)13(17)16-14(2)7-4-8-14/h3,5-6,9H,1,4,7-8H2,2H3,(H,16,17). The molecule has 0 spiro atoms. The fourth-order valence-electron chi connectivity index (χ4n) is 2.02. The summed E-state index contributed by atoms with van der Waals surface area (Å²) in [5, 5.41) is 3.51. The topological polar surface area (TPSA) is 29.1 Å². The van der Waals surface area contributed by atoms with Crippen LogP contribution in [-0.4, -0.2) is 11.4 Å². The van der Waals surface area contributed by atoms with Crippen LogP contribution in [0.15, 0.2) is 24.8 Å². The first kappa shape index (κ1) is 12.2. The third-order valence-corrected chi connectivity index (χ3v) is 3.66. The fourth-order valence-corrected chi connectivity index (χ4v) is 2.29. The van der Waals surface area contributed by atoms with E-state index in [0.717, 1.165) is 18.4 Å². The predicted octanol–water partition coefficient (Wildman–Crippen LogP) is 3.66. The van der Waals surface area contributed by atoms with Crippen molar-refractivity contribution in [3.8, 4) is 0 Å². The molecule has 90 valence electrons. The van der Waals surface area contributed by atoms with E-state index in [4.69, 9.17) is 11.6 Å². The lowest BCUT2D eigenvalue weighted by Crippen LogP contribution is -2.50. The molecule has 0 aliphatic heterocycles. The van der Waals surface area contributed by atoms with Gasteiger partial charge in [0.05, 0.1) is 10.6 Å². The molecule has 3 heteroatoms. The Morgan fingerprint density at radius 1 is 1.53 bits per heavy atom. The summed E-state index contributed by atoms with van der Waals surface area (Å²) in [4.78, 5) is 12.1. The first-order valence-corrected chi connectivity index (χ1v) is 6.16. The molecule has 1 N–H and O–H groups in total. The monoisotopic (exact) mass is 249 g/mol. The van der Waals surface area contributed by atoms with E-state index in [0.29, 0.717) is 10.6 Å². The third kappa shape index (κ3) is 2.52. The molecule has 1 aromatic carbocycles. The van der Waals surface area contributed by atoms with E-state index in [1.165, 1.54) is 6.42 Å². The average Bonchev–Trinajstić information content (AvgIpc) is 2.26. The largest absolute Gasteiger partial charge is 0.347 e. The first-order valence-electron chi connectivity index (χ1n) is 5.79. The van der Waals surface area contributed by atoms with E-state index < -0.39 is 0 Å². The maximum atomic E-state index is 12.1. The van der Waals surface area contributed by atoms with Gasteiger partial charge in [0.25, 0.3) is 5.91 Å². The van der Waals surface area contributed by atoms with Crippen molar-refractivity contribution in [1.82, 2.24) is 5.32 Å². The molecule has 2 nitrogen and oxygen atoms in total. The Morgan fingerprint density at radius 2 is 2.24 bits per heavy atom. The van der Waals surface area contributed by atoms with Crippen molar-refractivity contribution in [2.24, 2.45) is 0 Å². The maximum absolute atomic E-state index is 12.1. The zero-order valence-corrected chi connectivity index (χ0v) is 10.7. The highest BCUT2D eigenvalue weighted by Crippen LogP contribution is 2.31. The van der Waals surface area contributed by atoms with Crippen molar-refractivity contribution in [2.75, 3.05) is 0 Å². The number of halogens is 1. The molecule has 0 atom stereocenters.